The van der Waals surface area contributed by atoms with E-state index in [4.69, 9.17) is 4.74 Å². The molecule has 1 N–H and O–H groups in total. The van der Waals surface area contributed by atoms with Crippen molar-refractivity contribution in [2.24, 2.45) is 5.92 Å². The third kappa shape index (κ3) is 4.52. The first-order valence-corrected chi connectivity index (χ1v) is 13.4. The van der Waals surface area contributed by atoms with Gasteiger partial charge in [0.05, 0.1) is 35.0 Å². The molecule has 13 heteroatoms. The lowest BCUT2D eigenvalue weighted by Crippen LogP contribution is -2.42. The maximum atomic E-state index is 13.5. The zero-order valence-electron chi connectivity index (χ0n) is 20.9. The highest BCUT2D eigenvalue weighted by Gasteiger charge is 2.59. The van der Waals surface area contributed by atoms with Gasteiger partial charge < -0.3 is 10.1 Å². The summed E-state index contributed by atoms with van der Waals surface area (Å²) >= 11 is 1.89. The van der Waals surface area contributed by atoms with Crippen molar-refractivity contribution in [3.05, 3.63) is 68.6 Å². The molecule has 1 saturated heterocycles. The van der Waals surface area contributed by atoms with Crippen molar-refractivity contribution in [2.75, 3.05) is 17.3 Å². The number of alkyl halides is 3. The lowest BCUT2D eigenvalue weighted by molar-refractivity contribution is -0.137. The average molecular weight is 578 g/mol. The Morgan fingerprint density at radius 2 is 1.72 bits per heavy atom. The monoisotopic (exact) mass is 577 g/mol. The van der Waals surface area contributed by atoms with Crippen LogP contribution < -0.4 is 19.8 Å². The minimum atomic E-state index is -4.68. The highest BCUT2D eigenvalue weighted by Crippen LogP contribution is 2.54. The second-order valence-corrected chi connectivity index (χ2v) is 11.7. The first-order valence-electron chi connectivity index (χ1n) is 11.7. The summed E-state index contributed by atoms with van der Waals surface area (Å²) in [7, 11) is 1.50. The van der Waals surface area contributed by atoms with Crippen LogP contribution in [0.4, 0.5) is 24.5 Å². The predicted octanol–water partition coefficient (Wildman–Crippen LogP) is 4.52. The minimum Gasteiger partial charge on any atom is -0.497 e. The number of halogens is 3. The maximum absolute atomic E-state index is 13.5. The number of nitrogens with one attached hydrogen (secondary N) is 1. The molecular weight excluding hydrogens is 555 g/mol. The van der Waals surface area contributed by atoms with Gasteiger partial charge in [0.2, 0.25) is 17.7 Å². The smallest absolute Gasteiger partial charge is 0.418 e. The number of aromatic nitrogens is 1. The van der Waals surface area contributed by atoms with Crippen LogP contribution in [0.3, 0.4) is 0 Å². The Hall–Kier alpha value is -3.58. The SMILES string of the molecule is COc1ccc(N2C(=O)[C@H]3Sc4c(sc(=O)n4CC(=O)Nc4ccccc4C(F)(F)F)C(C)(C)[C@H]3C2=O)cc1. The number of rotatable bonds is 5. The molecule has 0 aliphatic carbocycles. The second kappa shape index (κ2) is 9.56. The lowest BCUT2D eigenvalue weighted by Gasteiger charge is -2.36. The molecule has 0 unspecified atom stereocenters. The Morgan fingerprint density at radius 3 is 2.36 bits per heavy atom. The van der Waals surface area contributed by atoms with E-state index in [1.807, 2.05) is 0 Å². The van der Waals surface area contributed by atoms with E-state index < -0.39 is 63.1 Å². The Labute approximate surface area is 228 Å². The molecule has 2 atom stereocenters. The van der Waals surface area contributed by atoms with Crippen LogP contribution in [-0.2, 0) is 32.5 Å². The van der Waals surface area contributed by atoms with E-state index in [1.165, 1.54) is 19.2 Å². The highest BCUT2D eigenvalue weighted by atomic mass is 32.2. The third-order valence-electron chi connectivity index (χ3n) is 6.84. The number of methoxy groups -OCH3 is 1. The molecule has 204 valence electrons. The lowest BCUT2D eigenvalue weighted by atomic mass is 9.76. The van der Waals surface area contributed by atoms with Gasteiger partial charge in [0.1, 0.15) is 17.5 Å². The van der Waals surface area contributed by atoms with E-state index >= 15 is 0 Å². The Balaban J connectivity index is 1.45. The standard InChI is InChI=1S/C26H22F3N3O5S2/c1-25(2)18-19(22(35)32(21(18)34)13-8-10-14(37-3)11-9-13)38-23-20(25)39-24(36)31(23)12-17(33)30-16-7-5-4-6-15(16)26(27,28)29/h4-11,18-19H,12H2,1-3H3,(H,30,33)/t18-,19+/m1/s1. The van der Waals surface area contributed by atoms with Gasteiger partial charge in [0.25, 0.3) is 0 Å². The Bertz CT molecular complexity index is 1550. The van der Waals surface area contributed by atoms with Crippen LogP contribution >= 0.6 is 23.1 Å². The van der Waals surface area contributed by atoms with Crippen LogP contribution in [0, 0.1) is 5.92 Å². The number of benzene rings is 2. The first-order chi connectivity index (χ1) is 18.3. The molecule has 5 rings (SSSR count). The highest BCUT2D eigenvalue weighted by molar-refractivity contribution is 8.00. The molecular formula is C26H22F3N3O5S2. The number of ether oxygens (including phenoxy) is 1. The number of fused-ring (bicyclic) bond motifs is 2. The quantitative estimate of drug-likeness (QED) is 0.448. The maximum Gasteiger partial charge on any atom is 0.418 e. The van der Waals surface area contributed by atoms with Crippen molar-refractivity contribution in [1.82, 2.24) is 4.57 Å². The van der Waals surface area contributed by atoms with E-state index in [0.717, 1.165) is 44.7 Å². The van der Waals surface area contributed by atoms with Gasteiger partial charge in [-0.1, -0.05) is 49.1 Å². The molecule has 2 aliphatic heterocycles. The van der Waals surface area contributed by atoms with Gasteiger partial charge in [-0.25, -0.2) is 4.90 Å². The van der Waals surface area contributed by atoms with Gasteiger partial charge in [0, 0.05) is 10.3 Å². The molecule has 39 heavy (non-hydrogen) atoms. The largest absolute Gasteiger partial charge is 0.497 e. The minimum absolute atomic E-state index is 0.355. The summed E-state index contributed by atoms with van der Waals surface area (Å²) in [5, 5.41) is 1.75. The summed E-state index contributed by atoms with van der Waals surface area (Å²) in [6.45, 7) is 2.99. The molecule has 8 nitrogen and oxygen atoms in total. The van der Waals surface area contributed by atoms with Crippen LogP contribution in [0.15, 0.2) is 58.4 Å². The van der Waals surface area contributed by atoms with E-state index in [9.17, 15) is 32.3 Å². The molecule has 2 aromatic carbocycles. The van der Waals surface area contributed by atoms with Crippen molar-refractivity contribution in [1.29, 1.82) is 0 Å². The van der Waals surface area contributed by atoms with E-state index in [2.05, 4.69) is 5.32 Å². The van der Waals surface area contributed by atoms with E-state index in [0.29, 0.717) is 21.3 Å². The molecule has 0 saturated carbocycles. The number of amides is 3. The number of carbonyl (C=O) groups excluding carboxylic acids is 3. The molecule has 0 spiro atoms. The molecule has 3 aromatic rings. The van der Waals surface area contributed by atoms with Crippen LogP contribution in [0.5, 0.6) is 5.75 Å². The molecule has 3 heterocycles. The summed E-state index contributed by atoms with van der Waals surface area (Å²) in [6.07, 6.45) is -4.68. The molecule has 0 radical (unpaired) electrons. The van der Waals surface area contributed by atoms with E-state index in [1.54, 1.807) is 38.1 Å². The van der Waals surface area contributed by atoms with Gasteiger partial charge in [0.15, 0.2) is 0 Å². The Kier molecular flexibility index (Phi) is 6.62. The van der Waals surface area contributed by atoms with Gasteiger partial charge >= 0.3 is 11.0 Å². The van der Waals surface area contributed by atoms with Crippen molar-refractivity contribution < 1.29 is 32.3 Å². The number of thiazole rings is 1. The van der Waals surface area contributed by atoms with E-state index in [-0.39, 0.29) is 0 Å². The fraction of sp³-hybridized carbons (Fsp3) is 0.308. The molecule has 1 aromatic heterocycles. The molecule has 1 fully saturated rings. The van der Waals surface area contributed by atoms with Gasteiger partial charge in [-0.15, -0.1) is 0 Å². The number of nitrogens with zero attached hydrogens (tertiary/aromatic N) is 2. The van der Waals surface area contributed by atoms with Gasteiger partial charge in [-0.05, 0) is 36.4 Å². The van der Waals surface area contributed by atoms with Crippen LogP contribution in [-0.4, -0.2) is 34.6 Å². The summed E-state index contributed by atoms with van der Waals surface area (Å²) in [5.74, 6) is -1.88. The number of para-hydroxylation sites is 1. The van der Waals surface area contributed by atoms with Gasteiger partial charge in [-0.3, -0.25) is 23.7 Å². The molecule has 3 amide bonds. The topological polar surface area (TPSA) is 97.7 Å². The normalized spacial score (nSPS) is 20.0. The summed E-state index contributed by atoms with van der Waals surface area (Å²) < 4.78 is 46.4. The third-order valence-corrected chi connectivity index (χ3v) is 9.67. The fourth-order valence-corrected chi connectivity index (χ4v) is 7.96. The van der Waals surface area contributed by atoms with Crippen LogP contribution in [0.2, 0.25) is 0 Å². The zero-order chi connectivity index (χ0) is 28.3. The summed E-state index contributed by atoms with van der Waals surface area (Å²) in [6, 6.07) is 11.1. The molecule has 2 aliphatic rings. The van der Waals surface area contributed by atoms with Crippen molar-refractivity contribution in [2.45, 2.75) is 42.3 Å². The second-order valence-electron chi connectivity index (χ2n) is 9.63. The van der Waals surface area contributed by atoms with Crippen molar-refractivity contribution in [3.8, 4) is 5.75 Å². The van der Waals surface area contributed by atoms with Crippen LogP contribution in [0.25, 0.3) is 0 Å². The zero-order valence-corrected chi connectivity index (χ0v) is 22.5. The average Bonchev–Trinajstić information content (AvgIpc) is 3.32. The number of imide groups is 1. The molecule has 0 bridgehead atoms. The predicted molar refractivity (Wildman–Crippen MR) is 140 cm³/mol. The number of hydrogen-bond donors (Lipinski definition) is 1. The fourth-order valence-electron chi connectivity index (χ4n) is 4.92. The number of thioether (sulfide) groups is 1. The van der Waals surface area contributed by atoms with Crippen molar-refractivity contribution in [3.63, 3.8) is 0 Å². The first kappa shape index (κ1) is 27.0. The Morgan fingerprint density at radius 1 is 1.05 bits per heavy atom. The number of anilines is 2. The number of hydrogen-bond acceptors (Lipinski definition) is 7. The summed E-state index contributed by atoms with van der Waals surface area (Å²) in [5.41, 5.74) is -1.97. The number of carbonyl (C=O) groups is 3. The van der Waals surface area contributed by atoms with Crippen molar-refractivity contribution >= 4 is 52.2 Å². The summed E-state index contributed by atoms with van der Waals surface area (Å²) in [4.78, 5) is 54.0. The van der Waals surface area contributed by atoms with Crippen LogP contribution in [0.1, 0.15) is 24.3 Å². The van der Waals surface area contributed by atoms with Gasteiger partial charge in [-0.2, -0.15) is 13.2 Å².